The first-order valence-corrected chi connectivity index (χ1v) is 4.06. The molecular formula is C9H6FNO4. The van der Waals surface area contributed by atoms with Crippen LogP contribution >= 0.6 is 0 Å². The lowest BCUT2D eigenvalue weighted by atomic mass is 10.1. The van der Waals surface area contributed by atoms with Gasteiger partial charge < -0.3 is 14.7 Å². The molecule has 0 saturated carbocycles. The van der Waals surface area contributed by atoms with E-state index in [9.17, 15) is 9.18 Å². The number of hydrogen-bond acceptors (Lipinski definition) is 4. The molecule has 2 aromatic rings. The predicted octanol–water partition coefficient (Wildman–Crippen LogP) is 1.30. The van der Waals surface area contributed by atoms with Crippen molar-refractivity contribution in [3.63, 3.8) is 0 Å². The highest BCUT2D eigenvalue weighted by molar-refractivity contribution is 5.84. The number of aromatic nitrogens is 1. The van der Waals surface area contributed by atoms with Gasteiger partial charge in [0.2, 0.25) is 0 Å². The summed E-state index contributed by atoms with van der Waals surface area (Å²) in [4.78, 5) is 10.4. The van der Waals surface area contributed by atoms with Crippen LogP contribution in [-0.2, 0) is 11.2 Å². The van der Waals surface area contributed by atoms with Gasteiger partial charge in [0.15, 0.2) is 17.1 Å². The average Bonchev–Trinajstić information content (AvgIpc) is 2.49. The van der Waals surface area contributed by atoms with Crippen LogP contribution in [0.2, 0.25) is 0 Å². The van der Waals surface area contributed by atoms with Crippen molar-refractivity contribution in [2.24, 2.45) is 0 Å². The van der Waals surface area contributed by atoms with Crippen molar-refractivity contribution in [1.82, 2.24) is 5.16 Å². The van der Waals surface area contributed by atoms with E-state index in [0.717, 1.165) is 12.1 Å². The lowest BCUT2D eigenvalue weighted by Gasteiger charge is -1.94. The van der Waals surface area contributed by atoms with Gasteiger partial charge in [-0.25, -0.2) is 4.39 Å². The molecule has 0 saturated heterocycles. The molecule has 0 amide bonds. The summed E-state index contributed by atoms with van der Waals surface area (Å²) in [6.45, 7) is 0. The number of carboxylic acids is 1. The molecule has 0 fully saturated rings. The Kier molecular flexibility index (Phi) is 2.03. The number of carbonyl (C=O) groups is 1. The molecule has 0 aliphatic rings. The van der Waals surface area contributed by atoms with Crippen molar-refractivity contribution in [2.45, 2.75) is 6.42 Å². The summed E-state index contributed by atoms with van der Waals surface area (Å²) < 4.78 is 17.6. The zero-order valence-electron chi connectivity index (χ0n) is 7.40. The van der Waals surface area contributed by atoms with Crippen LogP contribution in [0.1, 0.15) is 5.69 Å². The number of aliphatic carboxylic acids is 1. The van der Waals surface area contributed by atoms with Gasteiger partial charge in [-0.05, 0) is 6.07 Å². The molecule has 0 aliphatic heterocycles. The number of halogens is 1. The van der Waals surface area contributed by atoms with Crippen LogP contribution in [0.15, 0.2) is 16.7 Å². The first-order valence-electron chi connectivity index (χ1n) is 4.06. The Balaban J connectivity index is 2.59. The number of carboxylic acid groups (broad SMARTS) is 1. The van der Waals surface area contributed by atoms with Gasteiger partial charge in [0.25, 0.3) is 0 Å². The number of phenolic OH excluding ortho intramolecular Hbond substituents is 1. The second kappa shape index (κ2) is 3.23. The minimum atomic E-state index is -1.07. The summed E-state index contributed by atoms with van der Waals surface area (Å²) in [5, 5.41) is 21.4. The van der Waals surface area contributed by atoms with Crippen molar-refractivity contribution in [1.29, 1.82) is 0 Å². The molecule has 0 atom stereocenters. The third-order valence-corrected chi connectivity index (χ3v) is 1.93. The molecular weight excluding hydrogens is 205 g/mol. The minimum Gasteiger partial charge on any atom is -0.505 e. The summed E-state index contributed by atoms with van der Waals surface area (Å²) in [6, 6.07) is 2.06. The van der Waals surface area contributed by atoms with E-state index in [2.05, 4.69) is 5.16 Å². The summed E-state index contributed by atoms with van der Waals surface area (Å²) in [6.07, 6.45) is -0.335. The molecule has 0 unspecified atom stereocenters. The fraction of sp³-hybridized carbons (Fsp3) is 0.111. The normalized spacial score (nSPS) is 10.7. The molecule has 0 aliphatic carbocycles. The Morgan fingerprint density at radius 3 is 2.93 bits per heavy atom. The maximum atomic E-state index is 12.9. The van der Waals surface area contributed by atoms with E-state index in [1.807, 2.05) is 0 Å². The van der Waals surface area contributed by atoms with E-state index < -0.39 is 17.5 Å². The number of hydrogen-bond donors (Lipinski definition) is 2. The molecule has 1 aromatic heterocycles. The smallest absolute Gasteiger partial charge is 0.309 e. The highest BCUT2D eigenvalue weighted by Gasteiger charge is 2.14. The Labute approximate surface area is 82.7 Å². The lowest BCUT2D eigenvalue weighted by Crippen LogP contribution is -2.00. The molecule has 0 bridgehead atoms. The Morgan fingerprint density at radius 1 is 1.53 bits per heavy atom. The molecule has 78 valence electrons. The molecule has 2 rings (SSSR count). The van der Waals surface area contributed by atoms with E-state index in [4.69, 9.17) is 14.7 Å². The summed E-state index contributed by atoms with van der Waals surface area (Å²) in [5.41, 5.74) is 0.273. The van der Waals surface area contributed by atoms with Crippen molar-refractivity contribution >= 4 is 16.9 Å². The SMILES string of the molecule is O=C(O)Cc1noc2cc(F)c(O)cc12. The van der Waals surface area contributed by atoms with Crippen molar-refractivity contribution in [2.75, 3.05) is 0 Å². The predicted molar refractivity (Wildman–Crippen MR) is 47.0 cm³/mol. The van der Waals surface area contributed by atoms with Crippen LogP contribution in [0.3, 0.4) is 0 Å². The van der Waals surface area contributed by atoms with Crippen molar-refractivity contribution in [3.05, 3.63) is 23.6 Å². The second-order valence-corrected chi connectivity index (χ2v) is 3.00. The van der Waals surface area contributed by atoms with E-state index in [1.54, 1.807) is 0 Å². The average molecular weight is 211 g/mol. The van der Waals surface area contributed by atoms with Gasteiger partial charge >= 0.3 is 5.97 Å². The molecule has 6 heteroatoms. The number of rotatable bonds is 2. The minimum absolute atomic E-state index is 0.113. The van der Waals surface area contributed by atoms with Crippen molar-refractivity contribution < 1.29 is 23.9 Å². The van der Waals surface area contributed by atoms with Gasteiger partial charge in [-0.3, -0.25) is 4.79 Å². The number of benzene rings is 1. The number of phenols is 1. The number of fused-ring (bicyclic) bond motifs is 1. The summed E-state index contributed by atoms with van der Waals surface area (Å²) >= 11 is 0. The largest absolute Gasteiger partial charge is 0.505 e. The maximum Gasteiger partial charge on any atom is 0.309 e. The third-order valence-electron chi connectivity index (χ3n) is 1.93. The maximum absolute atomic E-state index is 12.9. The molecule has 1 heterocycles. The fourth-order valence-corrected chi connectivity index (χ4v) is 1.27. The van der Waals surface area contributed by atoms with Crippen LogP contribution in [0.4, 0.5) is 4.39 Å². The van der Waals surface area contributed by atoms with Gasteiger partial charge in [0, 0.05) is 11.5 Å². The number of aromatic hydroxyl groups is 1. The van der Waals surface area contributed by atoms with Gasteiger partial charge in [0.1, 0.15) is 5.69 Å². The zero-order valence-corrected chi connectivity index (χ0v) is 7.40. The second-order valence-electron chi connectivity index (χ2n) is 3.00. The van der Waals surface area contributed by atoms with Gasteiger partial charge in [-0.2, -0.15) is 0 Å². The first kappa shape index (κ1) is 9.45. The van der Waals surface area contributed by atoms with Crippen LogP contribution in [0.25, 0.3) is 11.0 Å². The van der Waals surface area contributed by atoms with Crippen molar-refractivity contribution in [3.8, 4) is 5.75 Å². The molecule has 2 N–H and O–H groups in total. The lowest BCUT2D eigenvalue weighted by molar-refractivity contribution is -0.136. The van der Waals surface area contributed by atoms with E-state index in [1.165, 1.54) is 0 Å². The molecule has 1 aromatic carbocycles. The Hall–Kier alpha value is -2.11. The summed E-state index contributed by atoms with van der Waals surface area (Å²) in [5.74, 6) is -2.47. The molecule has 0 spiro atoms. The highest BCUT2D eigenvalue weighted by Crippen LogP contribution is 2.26. The fourth-order valence-electron chi connectivity index (χ4n) is 1.27. The van der Waals surface area contributed by atoms with E-state index >= 15 is 0 Å². The molecule has 15 heavy (non-hydrogen) atoms. The quantitative estimate of drug-likeness (QED) is 0.782. The molecule has 0 radical (unpaired) electrons. The number of nitrogens with zero attached hydrogens (tertiary/aromatic N) is 1. The Morgan fingerprint density at radius 2 is 2.27 bits per heavy atom. The van der Waals surface area contributed by atoms with Crippen LogP contribution in [0.5, 0.6) is 5.75 Å². The van der Waals surface area contributed by atoms with Gasteiger partial charge in [-0.15, -0.1) is 0 Å². The standard InChI is InChI=1S/C9H6FNO4/c10-5-2-8-4(1-7(5)12)6(11-15-8)3-9(13)14/h1-2,12H,3H2,(H,13,14). The monoisotopic (exact) mass is 211 g/mol. The van der Waals surface area contributed by atoms with Crippen LogP contribution < -0.4 is 0 Å². The topological polar surface area (TPSA) is 83.6 Å². The third kappa shape index (κ3) is 1.61. The van der Waals surface area contributed by atoms with E-state index in [0.29, 0.717) is 5.39 Å². The van der Waals surface area contributed by atoms with E-state index in [-0.39, 0.29) is 17.7 Å². The first-order chi connectivity index (χ1) is 7.08. The van der Waals surface area contributed by atoms with Gasteiger partial charge in [-0.1, -0.05) is 5.16 Å². The van der Waals surface area contributed by atoms with Gasteiger partial charge in [0.05, 0.1) is 6.42 Å². The summed E-state index contributed by atoms with van der Waals surface area (Å²) in [7, 11) is 0. The van der Waals surface area contributed by atoms with Crippen LogP contribution in [-0.4, -0.2) is 21.3 Å². The zero-order chi connectivity index (χ0) is 11.0. The Bertz CT molecular complexity index is 534. The highest BCUT2D eigenvalue weighted by atomic mass is 19.1. The van der Waals surface area contributed by atoms with Crippen LogP contribution in [0, 0.1) is 5.82 Å². The molecule has 5 nitrogen and oxygen atoms in total.